The highest BCUT2D eigenvalue weighted by molar-refractivity contribution is 6.09. The highest BCUT2D eigenvalue weighted by Crippen LogP contribution is 2.30. The fourth-order valence-corrected chi connectivity index (χ4v) is 2.50. The van der Waals surface area contributed by atoms with Gasteiger partial charge >= 0.3 is 0 Å². The number of pyridine rings is 1. The van der Waals surface area contributed by atoms with Crippen molar-refractivity contribution in [2.45, 2.75) is 33.7 Å². The van der Waals surface area contributed by atoms with E-state index in [1.54, 1.807) is 6.07 Å². The van der Waals surface area contributed by atoms with E-state index in [2.05, 4.69) is 15.5 Å². The van der Waals surface area contributed by atoms with E-state index in [1.165, 1.54) is 0 Å². The van der Waals surface area contributed by atoms with Crippen molar-refractivity contribution in [3.63, 3.8) is 0 Å². The molecule has 0 aliphatic carbocycles. The Hall–Kier alpha value is -2.69. The van der Waals surface area contributed by atoms with Crippen molar-refractivity contribution in [1.29, 1.82) is 0 Å². The molecule has 5 heteroatoms. The molecule has 1 N–H and O–H groups in total. The largest absolute Gasteiger partial charge is 0.350 e. The number of amides is 1. The number of aromatic nitrogens is 2. The third kappa shape index (κ3) is 2.95. The van der Waals surface area contributed by atoms with Crippen LogP contribution in [-0.4, -0.2) is 22.1 Å². The first kappa shape index (κ1) is 15.2. The molecule has 0 saturated heterocycles. The van der Waals surface area contributed by atoms with E-state index in [-0.39, 0.29) is 11.9 Å². The van der Waals surface area contributed by atoms with Gasteiger partial charge in [0, 0.05) is 17.3 Å². The lowest BCUT2D eigenvalue weighted by molar-refractivity contribution is 0.0944. The van der Waals surface area contributed by atoms with E-state index < -0.39 is 0 Å². The topological polar surface area (TPSA) is 68.0 Å². The minimum absolute atomic E-state index is 0.0497. The molecule has 5 nitrogen and oxygen atoms in total. The molecule has 0 bridgehead atoms. The van der Waals surface area contributed by atoms with E-state index in [0.29, 0.717) is 22.4 Å². The lowest BCUT2D eigenvalue weighted by atomic mass is 10.0. The van der Waals surface area contributed by atoms with Crippen LogP contribution in [0.15, 0.2) is 34.9 Å². The third-order valence-corrected chi connectivity index (χ3v) is 3.56. The normalized spacial score (nSPS) is 11.2. The summed E-state index contributed by atoms with van der Waals surface area (Å²) in [5.74, 6) is -0.146. The maximum Gasteiger partial charge on any atom is 0.259 e. The number of aryl methyl sites for hydroxylation is 2. The Balaban J connectivity index is 2.21. The molecule has 0 atom stereocenters. The molecule has 0 radical (unpaired) electrons. The van der Waals surface area contributed by atoms with Gasteiger partial charge in [0.1, 0.15) is 5.69 Å². The van der Waals surface area contributed by atoms with Gasteiger partial charge in [-0.05, 0) is 33.8 Å². The van der Waals surface area contributed by atoms with E-state index in [1.807, 2.05) is 52.0 Å². The number of carbonyl (C=O) groups is 1. The van der Waals surface area contributed by atoms with Crippen molar-refractivity contribution in [3.8, 4) is 11.3 Å². The smallest absolute Gasteiger partial charge is 0.259 e. The summed E-state index contributed by atoms with van der Waals surface area (Å²) in [4.78, 5) is 16.9. The van der Waals surface area contributed by atoms with Crippen LogP contribution >= 0.6 is 0 Å². The van der Waals surface area contributed by atoms with Crippen molar-refractivity contribution < 1.29 is 9.32 Å². The molecule has 1 aromatic carbocycles. The zero-order valence-electron chi connectivity index (χ0n) is 13.7. The zero-order valence-corrected chi connectivity index (χ0v) is 13.7. The summed E-state index contributed by atoms with van der Waals surface area (Å²) in [6.45, 7) is 7.71. The summed E-state index contributed by atoms with van der Waals surface area (Å²) in [5, 5.41) is 7.71. The van der Waals surface area contributed by atoms with Gasteiger partial charge in [0.05, 0.1) is 10.9 Å². The van der Waals surface area contributed by atoms with Gasteiger partial charge in [0.25, 0.3) is 11.6 Å². The molecule has 3 aromatic rings. The van der Waals surface area contributed by atoms with Gasteiger partial charge in [-0.15, -0.1) is 0 Å². The minimum Gasteiger partial charge on any atom is -0.350 e. The standard InChI is InChI=1S/C18H19N3O2/c1-10(2)19-17(22)14-9-12(4)20-18-15(14)16(21-23-18)13-7-5-11(3)6-8-13/h5-10H,1-4H3,(H,19,22). The monoisotopic (exact) mass is 309 g/mol. The van der Waals surface area contributed by atoms with Gasteiger partial charge in [-0.25, -0.2) is 4.98 Å². The average molecular weight is 309 g/mol. The fraction of sp³-hybridized carbons (Fsp3) is 0.278. The number of hydrogen-bond donors (Lipinski definition) is 1. The van der Waals surface area contributed by atoms with Crippen molar-refractivity contribution >= 4 is 17.0 Å². The van der Waals surface area contributed by atoms with Crippen LogP contribution in [0.1, 0.15) is 35.5 Å². The molecule has 2 heterocycles. The first-order valence-electron chi connectivity index (χ1n) is 7.60. The summed E-state index contributed by atoms with van der Waals surface area (Å²) in [6.07, 6.45) is 0. The summed E-state index contributed by atoms with van der Waals surface area (Å²) in [5.41, 5.74) is 4.35. The quantitative estimate of drug-likeness (QED) is 0.802. The molecule has 0 aliphatic rings. The molecule has 1 amide bonds. The lowest BCUT2D eigenvalue weighted by Crippen LogP contribution is -2.30. The molecule has 3 rings (SSSR count). The Bertz CT molecular complexity index is 864. The molecule has 0 unspecified atom stereocenters. The maximum absolute atomic E-state index is 12.5. The number of hydrogen-bond acceptors (Lipinski definition) is 4. The highest BCUT2D eigenvalue weighted by Gasteiger charge is 2.21. The van der Waals surface area contributed by atoms with Crippen LogP contribution in [-0.2, 0) is 0 Å². The van der Waals surface area contributed by atoms with Crippen LogP contribution in [0.2, 0.25) is 0 Å². The van der Waals surface area contributed by atoms with Gasteiger partial charge in [-0.1, -0.05) is 35.0 Å². The van der Waals surface area contributed by atoms with Gasteiger partial charge in [0.15, 0.2) is 0 Å². The predicted octanol–water partition coefficient (Wildman–Crippen LogP) is 3.64. The predicted molar refractivity (Wildman–Crippen MR) is 89.3 cm³/mol. The second kappa shape index (κ2) is 5.83. The van der Waals surface area contributed by atoms with Crippen molar-refractivity contribution in [2.24, 2.45) is 0 Å². The molecular formula is C18H19N3O2. The Morgan fingerprint density at radius 3 is 2.52 bits per heavy atom. The SMILES string of the molecule is Cc1ccc(-c2noc3nc(C)cc(C(=O)NC(C)C)c23)cc1. The van der Waals surface area contributed by atoms with E-state index in [4.69, 9.17) is 4.52 Å². The Morgan fingerprint density at radius 2 is 1.87 bits per heavy atom. The number of rotatable bonds is 3. The van der Waals surface area contributed by atoms with E-state index in [9.17, 15) is 4.79 Å². The molecule has 2 aromatic heterocycles. The van der Waals surface area contributed by atoms with Crippen molar-refractivity contribution in [3.05, 3.63) is 47.2 Å². The second-order valence-corrected chi connectivity index (χ2v) is 6.02. The molecule has 0 saturated carbocycles. The number of fused-ring (bicyclic) bond motifs is 1. The van der Waals surface area contributed by atoms with Gasteiger partial charge in [-0.3, -0.25) is 4.79 Å². The van der Waals surface area contributed by atoms with Gasteiger partial charge in [-0.2, -0.15) is 0 Å². The Labute approximate surface area is 134 Å². The van der Waals surface area contributed by atoms with Gasteiger partial charge < -0.3 is 9.84 Å². The molecule has 23 heavy (non-hydrogen) atoms. The first-order valence-corrected chi connectivity index (χ1v) is 7.60. The maximum atomic E-state index is 12.5. The average Bonchev–Trinajstić information content (AvgIpc) is 2.90. The van der Waals surface area contributed by atoms with E-state index >= 15 is 0 Å². The Kier molecular flexibility index (Phi) is 3.86. The molecule has 0 aliphatic heterocycles. The molecule has 118 valence electrons. The van der Waals surface area contributed by atoms with Crippen molar-refractivity contribution in [1.82, 2.24) is 15.5 Å². The van der Waals surface area contributed by atoms with Crippen LogP contribution in [0.25, 0.3) is 22.4 Å². The highest BCUT2D eigenvalue weighted by atomic mass is 16.5. The van der Waals surface area contributed by atoms with Crippen LogP contribution in [0.4, 0.5) is 0 Å². The number of nitrogens with zero attached hydrogens (tertiary/aromatic N) is 2. The summed E-state index contributed by atoms with van der Waals surface area (Å²) < 4.78 is 5.37. The zero-order chi connectivity index (χ0) is 16.6. The van der Waals surface area contributed by atoms with Crippen LogP contribution < -0.4 is 5.32 Å². The molecule has 0 fully saturated rings. The summed E-state index contributed by atoms with van der Waals surface area (Å²) in [6, 6.07) is 9.77. The third-order valence-electron chi connectivity index (χ3n) is 3.56. The second-order valence-electron chi connectivity index (χ2n) is 6.02. The lowest BCUT2D eigenvalue weighted by Gasteiger charge is -2.10. The van der Waals surface area contributed by atoms with E-state index in [0.717, 1.165) is 16.8 Å². The molecular weight excluding hydrogens is 290 g/mol. The summed E-state index contributed by atoms with van der Waals surface area (Å²) >= 11 is 0. The minimum atomic E-state index is -0.146. The number of nitrogens with one attached hydrogen (secondary N) is 1. The number of carbonyl (C=O) groups excluding carboxylic acids is 1. The van der Waals surface area contributed by atoms with Crippen LogP contribution in [0, 0.1) is 13.8 Å². The Morgan fingerprint density at radius 1 is 1.17 bits per heavy atom. The first-order chi connectivity index (χ1) is 11.0. The summed E-state index contributed by atoms with van der Waals surface area (Å²) in [7, 11) is 0. The fourth-order valence-electron chi connectivity index (χ4n) is 2.50. The van der Waals surface area contributed by atoms with Crippen molar-refractivity contribution in [2.75, 3.05) is 0 Å². The van der Waals surface area contributed by atoms with Crippen LogP contribution in [0.3, 0.4) is 0 Å². The number of benzene rings is 1. The molecule has 0 spiro atoms. The van der Waals surface area contributed by atoms with Crippen LogP contribution in [0.5, 0.6) is 0 Å². The van der Waals surface area contributed by atoms with Gasteiger partial charge in [0.2, 0.25) is 0 Å².